The van der Waals surface area contributed by atoms with Gasteiger partial charge in [0.05, 0.1) is 5.02 Å². The SMILES string of the molecule is Cc1c2n(c3ncc(Cl)cc13)CCC(N1CCCCC1=O)C2. The van der Waals surface area contributed by atoms with E-state index in [2.05, 4.69) is 21.4 Å². The van der Waals surface area contributed by atoms with Gasteiger partial charge in [0.1, 0.15) is 5.65 Å². The van der Waals surface area contributed by atoms with Crippen molar-refractivity contribution in [3.8, 4) is 0 Å². The minimum absolute atomic E-state index is 0.333. The molecular weight excluding hydrogens is 298 g/mol. The van der Waals surface area contributed by atoms with Crippen molar-refractivity contribution >= 4 is 28.5 Å². The fourth-order valence-electron chi connectivity index (χ4n) is 4.00. The van der Waals surface area contributed by atoms with Gasteiger partial charge in [-0.05, 0) is 37.8 Å². The van der Waals surface area contributed by atoms with Crippen LogP contribution in [0.15, 0.2) is 12.3 Å². The highest BCUT2D eigenvalue weighted by atomic mass is 35.5. The minimum Gasteiger partial charge on any atom is -0.339 e. The number of fused-ring (bicyclic) bond motifs is 3. The van der Waals surface area contributed by atoms with Gasteiger partial charge in [0.25, 0.3) is 0 Å². The number of rotatable bonds is 1. The van der Waals surface area contributed by atoms with Crippen molar-refractivity contribution in [2.45, 2.75) is 51.6 Å². The molecule has 0 N–H and O–H groups in total. The molecule has 2 aromatic heterocycles. The van der Waals surface area contributed by atoms with Crippen LogP contribution in [-0.4, -0.2) is 32.9 Å². The Balaban J connectivity index is 1.71. The summed E-state index contributed by atoms with van der Waals surface area (Å²) in [6.07, 6.45) is 6.58. The zero-order chi connectivity index (χ0) is 15.3. The van der Waals surface area contributed by atoms with Gasteiger partial charge in [0.15, 0.2) is 0 Å². The number of halogens is 1. The highest BCUT2D eigenvalue weighted by Gasteiger charge is 2.31. The van der Waals surface area contributed by atoms with E-state index in [9.17, 15) is 4.79 Å². The molecule has 4 rings (SSSR count). The summed E-state index contributed by atoms with van der Waals surface area (Å²) in [6, 6.07) is 2.35. The van der Waals surface area contributed by atoms with Crippen LogP contribution in [-0.2, 0) is 17.8 Å². The highest BCUT2D eigenvalue weighted by Crippen LogP contribution is 2.32. The van der Waals surface area contributed by atoms with Crippen LogP contribution in [0.3, 0.4) is 0 Å². The number of carbonyl (C=O) groups excluding carboxylic acids is 1. The second-order valence-electron chi connectivity index (χ2n) is 6.44. The molecule has 0 saturated carbocycles. The molecule has 0 bridgehead atoms. The van der Waals surface area contributed by atoms with Crippen LogP contribution in [0.2, 0.25) is 5.02 Å². The number of aromatic nitrogens is 2. The maximum atomic E-state index is 12.2. The first kappa shape index (κ1) is 14.1. The maximum absolute atomic E-state index is 12.2. The summed E-state index contributed by atoms with van der Waals surface area (Å²) < 4.78 is 2.31. The van der Waals surface area contributed by atoms with Gasteiger partial charge >= 0.3 is 0 Å². The summed E-state index contributed by atoms with van der Waals surface area (Å²) in [5.74, 6) is 0.333. The predicted molar refractivity (Wildman–Crippen MR) is 87.2 cm³/mol. The van der Waals surface area contributed by atoms with Gasteiger partial charge in [-0.25, -0.2) is 4.98 Å². The van der Waals surface area contributed by atoms with E-state index in [4.69, 9.17) is 11.6 Å². The molecule has 5 heteroatoms. The topological polar surface area (TPSA) is 38.1 Å². The first-order valence-electron chi connectivity index (χ1n) is 8.08. The van der Waals surface area contributed by atoms with Gasteiger partial charge in [-0.3, -0.25) is 4.79 Å². The number of hydrogen-bond donors (Lipinski definition) is 0. The van der Waals surface area contributed by atoms with Crippen LogP contribution >= 0.6 is 11.6 Å². The Labute approximate surface area is 135 Å². The molecule has 1 atom stereocenters. The Morgan fingerprint density at radius 3 is 3.00 bits per heavy atom. The molecule has 0 radical (unpaired) electrons. The van der Waals surface area contributed by atoms with Gasteiger partial charge in [-0.1, -0.05) is 11.6 Å². The van der Waals surface area contributed by atoms with Crippen LogP contribution in [0, 0.1) is 6.92 Å². The lowest BCUT2D eigenvalue weighted by molar-refractivity contribution is -0.136. The molecule has 4 heterocycles. The lowest BCUT2D eigenvalue weighted by Crippen LogP contribution is -2.46. The van der Waals surface area contributed by atoms with Crippen molar-refractivity contribution in [1.82, 2.24) is 14.5 Å². The largest absolute Gasteiger partial charge is 0.339 e. The predicted octanol–water partition coefficient (Wildman–Crippen LogP) is 3.33. The lowest BCUT2D eigenvalue weighted by atomic mass is 9.97. The molecule has 0 aromatic carbocycles. The third-order valence-corrected chi connectivity index (χ3v) is 5.37. The highest BCUT2D eigenvalue weighted by molar-refractivity contribution is 6.31. The first-order chi connectivity index (χ1) is 10.6. The Hall–Kier alpha value is -1.55. The lowest BCUT2D eigenvalue weighted by Gasteiger charge is -2.37. The Bertz CT molecular complexity index is 752. The molecule has 22 heavy (non-hydrogen) atoms. The van der Waals surface area contributed by atoms with Gasteiger partial charge in [0.2, 0.25) is 5.91 Å². The third-order valence-electron chi connectivity index (χ3n) is 5.17. The Kier molecular flexibility index (Phi) is 3.37. The molecule has 0 spiro atoms. The fourth-order valence-corrected chi connectivity index (χ4v) is 4.15. The standard InChI is InChI=1S/C17H20ClN3O/c1-11-14-8-12(18)10-19-17(14)21-7-5-13(9-15(11)21)20-6-3-2-4-16(20)22/h8,10,13H,2-7,9H2,1H3. The van der Waals surface area contributed by atoms with Crippen molar-refractivity contribution in [1.29, 1.82) is 0 Å². The number of hydrogen-bond acceptors (Lipinski definition) is 2. The van der Waals surface area contributed by atoms with E-state index < -0.39 is 0 Å². The van der Waals surface area contributed by atoms with Gasteiger partial charge < -0.3 is 9.47 Å². The normalized spacial score (nSPS) is 22.2. The zero-order valence-electron chi connectivity index (χ0n) is 12.8. The number of piperidine rings is 1. The molecule has 1 saturated heterocycles. The van der Waals surface area contributed by atoms with Crippen molar-refractivity contribution in [3.05, 3.63) is 28.5 Å². The maximum Gasteiger partial charge on any atom is 0.222 e. The smallest absolute Gasteiger partial charge is 0.222 e. The fraction of sp³-hybridized carbons (Fsp3) is 0.529. The summed E-state index contributed by atoms with van der Waals surface area (Å²) in [4.78, 5) is 18.8. The van der Waals surface area contributed by atoms with E-state index in [1.807, 2.05) is 6.07 Å². The van der Waals surface area contributed by atoms with Crippen molar-refractivity contribution in [2.75, 3.05) is 6.54 Å². The quantitative estimate of drug-likeness (QED) is 0.809. The molecule has 2 aliphatic rings. The number of nitrogens with zero attached hydrogens (tertiary/aromatic N) is 3. The van der Waals surface area contributed by atoms with E-state index in [-0.39, 0.29) is 0 Å². The Morgan fingerprint density at radius 1 is 1.32 bits per heavy atom. The summed E-state index contributed by atoms with van der Waals surface area (Å²) in [6.45, 7) is 4.00. The molecule has 2 aromatic rings. The van der Waals surface area contributed by atoms with E-state index in [1.165, 1.54) is 11.3 Å². The van der Waals surface area contributed by atoms with Crippen molar-refractivity contribution in [3.63, 3.8) is 0 Å². The second-order valence-corrected chi connectivity index (χ2v) is 6.88. The average Bonchev–Trinajstić information content (AvgIpc) is 2.80. The molecule has 0 aliphatic carbocycles. The number of carbonyl (C=O) groups is 1. The third kappa shape index (κ3) is 2.12. The van der Waals surface area contributed by atoms with Crippen LogP contribution < -0.4 is 0 Å². The zero-order valence-corrected chi connectivity index (χ0v) is 13.6. The summed E-state index contributed by atoms with van der Waals surface area (Å²) in [5, 5.41) is 1.83. The first-order valence-corrected chi connectivity index (χ1v) is 8.45. The van der Waals surface area contributed by atoms with Gasteiger partial charge in [0, 0.05) is 49.2 Å². The van der Waals surface area contributed by atoms with Gasteiger partial charge in [-0.15, -0.1) is 0 Å². The molecular formula is C17H20ClN3O. The number of likely N-dealkylation sites (tertiary alicyclic amines) is 1. The van der Waals surface area contributed by atoms with E-state index in [0.717, 1.165) is 56.2 Å². The number of amides is 1. The van der Waals surface area contributed by atoms with Crippen LogP contribution in [0.25, 0.3) is 11.0 Å². The molecule has 1 amide bonds. The number of aryl methyl sites for hydroxylation is 2. The second kappa shape index (κ2) is 5.27. The molecule has 1 unspecified atom stereocenters. The van der Waals surface area contributed by atoms with Crippen molar-refractivity contribution < 1.29 is 4.79 Å². The summed E-state index contributed by atoms with van der Waals surface area (Å²) in [5.41, 5.74) is 3.61. The summed E-state index contributed by atoms with van der Waals surface area (Å²) >= 11 is 6.10. The number of pyridine rings is 1. The summed E-state index contributed by atoms with van der Waals surface area (Å²) in [7, 11) is 0. The molecule has 2 aliphatic heterocycles. The molecule has 4 nitrogen and oxygen atoms in total. The molecule has 116 valence electrons. The molecule has 1 fully saturated rings. The van der Waals surface area contributed by atoms with Crippen LogP contribution in [0.1, 0.15) is 36.9 Å². The Morgan fingerprint density at radius 2 is 2.18 bits per heavy atom. The van der Waals surface area contributed by atoms with Crippen molar-refractivity contribution in [2.24, 2.45) is 0 Å². The minimum atomic E-state index is 0.333. The van der Waals surface area contributed by atoms with E-state index >= 15 is 0 Å². The van der Waals surface area contributed by atoms with Gasteiger partial charge in [-0.2, -0.15) is 0 Å². The van der Waals surface area contributed by atoms with E-state index in [1.54, 1.807) is 6.20 Å². The van der Waals surface area contributed by atoms with E-state index in [0.29, 0.717) is 17.0 Å². The average molecular weight is 318 g/mol. The van der Waals surface area contributed by atoms with Crippen LogP contribution in [0.4, 0.5) is 0 Å². The monoisotopic (exact) mass is 317 g/mol. The van der Waals surface area contributed by atoms with Crippen LogP contribution in [0.5, 0.6) is 0 Å².